The molecule has 2 atom stereocenters. The van der Waals surface area contributed by atoms with E-state index in [9.17, 15) is 28.5 Å². The SMILES string of the molecule is CC(C)(C)C[C@]1(c2ccc(-c3cnn(C(F)F)c3)cc2)N=C(NC(=O)OCc2ccccc2)N([C@H](COC(=O)Oc2ccc([N+](=O)[O-])cc2)c2ccc(Cl)c(-n3cncn3)c2)C1=O. The number of nitro benzene ring substituents is 1. The molecule has 1 aliphatic heterocycles. The normalized spacial score (nSPS) is 15.5. The summed E-state index contributed by atoms with van der Waals surface area (Å²) in [6.07, 6.45) is 3.12. The van der Waals surface area contributed by atoms with Crippen LogP contribution in [0.2, 0.25) is 5.02 Å². The number of nitrogens with one attached hydrogen (secondary N) is 1. The first-order chi connectivity index (χ1) is 30.1. The van der Waals surface area contributed by atoms with Crippen LogP contribution in [0.3, 0.4) is 0 Å². The molecule has 0 saturated heterocycles. The standard InChI is InChI=1S/C43H38ClF2N9O8/c1-42(2,3)24-43(31-12-9-28(10-13-31)30-20-48-52(21-30)38(45)46)37(56)54(39(51-43)50-40(57)61-22-27-7-5-4-6-8-27)36(29-11-18-34(44)35(19-29)53-26-47-25-49-53)23-62-41(58)63-33-16-14-32(15-17-33)55(59)60/h4-21,25-26,36,38H,22-24H2,1-3H3,(H,50,51,57)/t36-,43-/m1/s1. The molecule has 2 aromatic heterocycles. The number of rotatable bonds is 13. The highest BCUT2D eigenvalue weighted by molar-refractivity contribution is 6.32. The molecule has 0 aliphatic carbocycles. The Morgan fingerprint density at radius 3 is 2.32 bits per heavy atom. The van der Waals surface area contributed by atoms with Crippen molar-refractivity contribution in [1.82, 2.24) is 34.8 Å². The lowest BCUT2D eigenvalue weighted by Gasteiger charge is -2.35. The molecular weight excluding hydrogens is 844 g/mol. The van der Waals surface area contributed by atoms with Crippen LogP contribution in [0.4, 0.5) is 24.1 Å². The number of benzene rings is 4. The lowest BCUT2D eigenvalue weighted by atomic mass is 9.75. The molecule has 324 valence electrons. The van der Waals surface area contributed by atoms with Crippen LogP contribution in [0.15, 0.2) is 127 Å². The molecule has 0 radical (unpaired) electrons. The molecule has 0 bridgehead atoms. The molecule has 6 aromatic rings. The molecule has 20 heteroatoms. The number of ether oxygens (including phenoxy) is 3. The van der Waals surface area contributed by atoms with Gasteiger partial charge in [-0.2, -0.15) is 19.0 Å². The average Bonchev–Trinajstić information content (AvgIpc) is 4.03. The maximum atomic E-state index is 15.6. The van der Waals surface area contributed by atoms with Crippen molar-refractivity contribution in [3.63, 3.8) is 0 Å². The van der Waals surface area contributed by atoms with Crippen LogP contribution >= 0.6 is 11.6 Å². The number of alkyl halides is 2. The van der Waals surface area contributed by atoms with Crippen LogP contribution < -0.4 is 10.1 Å². The van der Waals surface area contributed by atoms with Gasteiger partial charge in [0.1, 0.15) is 31.6 Å². The van der Waals surface area contributed by atoms with Crippen LogP contribution in [-0.2, 0) is 26.4 Å². The molecule has 0 fully saturated rings. The summed E-state index contributed by atoms with van der Waals surface area (Å²) in [5.41, 5.74) is 0.151. The number of hydrogen-bond acceptors (Lipinski definition) is 12. The number of carbonyl (C=O) groups excluding carboxylic acids is 3. The first kappa shape index (κ1) is 43.5. The van der Waals surface area contributed by atoms with E-state index in [2.05, 4.69) is 20.5 Å². The molecular formula is C43H38ClF2N9O8. The fourth-order valence-corrected chi connectivity index (χ4v) is 7.19. The molecule has 63 heavy (non-hydrogen) atoms. The third-order valence-electron chi connectivity index (χ3n) is 9.75. The Balaban J connectivity index is 1.31. The zero-order valence-electron chi connectivity index (χ0n) is 33.8. The van der Waals surface area contributed by atoms with Gasteiger partial charge in [0.25, 0.3) is 11.6 Å². The zero-order valence-corrected chi connectivity index (χ0v) is 34.6. The van der Waals surface area contributed by atoms with Crippen molar-refractivity contribution in [2.45, 2.75) is 51.9 Å². The number of halogens is 3. The average molecular weight is 882 g/mol. The van der Waals surface area contributed by atoms with E-state index in [1.807, 2.05) is 26.8 Å². The van der Waals surface area contributed by atoms with Gasteiger partial charge in [-0.25, -0.2) is 28.9 Å². The van der Waals surface area contributed by atoms with Gasteiger partial charge in [0, 0.05) is 23.9 Å². The number of amides is 2. The highest BCUT2D eigenvalue weighted by atomic mass is 35.5. The van der Waals surface area contributed by atoms with E-state index < -0.39 is 53.2 Å². The molecule has 4 aromatic carbocycles. The Hall–Kier alpha value is -7.54. The zero-order chi connectivity index (χ0) is 44.9. The predicted octanol–water partition coefficient (Wildman–Crippen LogP) is 8.80. The van der Waals surface area contributed by atoms with E-state index >= 15 is 4.79 Å². The van der Waals surface area contributed by atoms with E-state index in [4.69, 9.17) is 30.8 Å². The van der Waals surface area contributed by atoms with Gasteiger partial charge in [0.2, 0.25) is 5.96 Å². The second kappa shape index (κ2) is 18.2. The topological polar surface area (TPSA) is 198 Å². The summed E-state index contributed by atoms with van der Waals surface area (Å²) < 4.78 is 45.3. The van der Waals surface area contributed by atoms with Gasteiger partial charge in [-0.3, -0.25) is 25.1 Å². The van der Waals surface area contributed by atoms with Crippen molar-refractivity contribution in [1.29, 1.82) is 0 Å². The van der Waals surface area contributed by atoms with Crippen molar-refractivity contribution in [2.75, 3.05) is 6.61 Å². The monoisotopic (exact) mass is 881 g/mol. The lowest BCUT2D eigenvalue weighted by Crippen LogP contribution is -2.49. The number of guanidine groups is 1. The number of aromatic nitrogens is 5. The molecule has 0 unspecified atom stereocenters. The maximum absolute atomic E-state index is 15.6. The molecule has 0 spiro atoms. The number of hydrogen-bond donors (Lipinski definition) is 1. The Morgan fingerprint density at radius 1 is 0.952 bits per heavy atom. The Morgan fingerprint density at radius 2 is 1.68 bits per heavy atom. The minimum Gasteiger partial charge on any atom is -0.444 e. The van der Waals surface area contributed by atoms with Gasteiger partial charge >= 0.3 is 18.8 Å². The van der Waals surface area contributed by atoms with E-state index in [0.29, 0.717) is 38.2 Å². The van der Waals surface area contributed by atoms with Crippen molar-refractivity contribution >= 4 is 41.4 Å². The number of non-ortho nitro benzene ring substituents is 1. The number of carbonyl (C=O) groups is 3. The van der Waals surface area contributed by atoms with Crippen molar-refractivity contribution < 1.29 is 42.3 Å². The largest absolute Gasteiger partial charge is 0.513 e. The summed E-state index contributed by atoms with van der Waals surface area (Å²) in [5.74, 6) is -0.943. The quantitative estimate of drug-likeness (QED) is 0.0503. The summed E-state index contributed by atoms with van der Waals surface area (Å²) in [4.78, 5) is 63.3. The van der Waals surface area contributed by atoms with Crippen LogP contribution in [0.5, 0.6) is 5.75 Å². The molecule has 7 rings (SSSR count). The highest BCUT2D eigenvalue weighted by Crippen LogP contribution is 2.46. The first-order valence-electron chi connectivity index (χ1n) is 19.2. The Labute approximate surface area is 363 Å². The van der Waals surface area contributed by atoms with Crippen molar-refractivity contribution in [3.8, 4) is 22.6 Å². The summed E-state index contributed by atoms with van der Waals surface area (Å²) in [7, 11) is 0. The summed E-state index contributed by atoms with van der Waals surface area (Å²) >= 11 is 6.63. The van der Waals surface area contributed by atoms with Gasteiger partial charge in [-0.15, -0.1) is 0 Å². The lowest BCUT2D eigenvalue weighted by molar-refractivity contribution is -0.384. The third-order valence-corrected chi connectivity index (χ3v) is 10.1. The maximum Gasteiger partial charge on any atom is 0.513 e. The van der Waals surface area contributed by atoms with Gasteiger partial charge < -0.3 is 14.2 Å². The molecule has 17 nitrogen and oxygen atoms in total. The summed E-state index contributed by atoms with van der Waals surface area (Å²) in [5, 5.41) is 22.0. The second-order valence-electron chi connectivity index (χ2n) is 15.4. The van der Waals surface area contributed by atoms with Gasteiger partial charge in [-0.05, 0) is 58.4 Å². The van der Waals surface area contributed by atoms with Crippen LogP contribution in [0.1, 0.15) is 56.5 Å². The first-order valence-corrected chi connectivity index (χ1v) is 19.6. The van der Waals surface area contributed by atoms with Crippen molar-refractivity contribution in [2.24, 2.45) is 10.4 Å². The second-order valence-corrected chi connectivity index (χ2v) is 15.8. The van der Waals surface area contributed by atoms with E-state index in [-0.39, 0.29) is 35.4 Å². The fraction of sp³-hybridized carbons (Fsp3) is 0.233. The Kier molecular flexibility index (Phi) is 12.6. The summed E-state index contributed by atoms with van der Waals surface area (Å²) in [6.45, 7) is 2.18. The van der Waals surface area contributed by atoms with Gasteiger partial charge in [0.15, 0.2) is 5.54 Å². The number of aliphatic imine (C=N–C) groups is 1. The molecule has 1 N–H and O–H groups in total. The summed E-state index contributed by atoms with van der Waals surface area (Å²) in [6, 6.07) is 23.7. The van der Waals surface area contributed by atoms with Crippen molar-refractivity contribution in [3.05, 3.63) is 154 Å². The van der Waals surface area contributed by atoms with Gasteiger partial charge in [0.05, 0.1) is 27.9 Å². The number of nitro groups is 1. The minimum atomic E-state index is -2.84. The van der Waals surface area contributed by atoms with E-state index in [1.165, 1.54) is 46.8 Å². The smallest absolute Gasteiger partial charge is 0.444 e. The highest BCUT2D eigenvalue weighted by Gasteiger charge is 2.54. The molecule has 0 saturated carbocycles. The number of nitrogens with zero attached hydrogens (tertiary/aromatic N) is 8. The van der Waals surface area contributed by atoms with E-state index in [0.717, 1.165) is 12.1 Å². The van der Waals surface area contributed by atoms with Crippen LogP contribution in [-0.4, -0.2) is 65.1 Å². The van der Waals surface area contributed by atoms with E-state index in [1.54, 1.807) is 66.7 Å². The predicted molar refractivity (Wildman–Crippen MR) is 223 cm³/mol. The minimum absolute atomic E-state index is 0.0568. The van der Waals surface area contributed by atoms with Gasteiger partial charge in [-0.1, -0.05) is 93.0 Å². The Bertz CT molecular complexity index is 2640. The molecule has 3 heterocycles. The molecule has 1 aliphatic rings. The molecule has 2 amide bonds. The number of alkyl carbamates (subject to hydrolysis) is 1. The van der Waals surface area contributed by atoms with Crippen LogP contribution in [0.25, 0.3) is 16.8 Å². The third kappa shape index (κ3) is 9.99. The van der Waals surface area contributed by atoms with Crippen LogP contribution in [0, 0.1) is 15.5 Å². The fourth-order valence-electron chi connectivity index (χ4n) is 6.98.